The van der Waals surface area contributed by atoms with Crippen LogP contribution in [0.1, 0.15) is 44.7 Å². The Bertz CT molecular complexity index is 677. The molecule has 0 radical (unpaired) electrons. The van der Waals surface area contributed by atoms with Gasteiger partial charge in [0, 0.05) is 31.2 Å². The Labute approximate surface area is 162 Å². The van der Waals surface area contributed by atoms with Crippen LogP contribution in [0.2, 0.25) is 0 Å². The Morgan fingerprint density at radius 1 is 1.22 bits per heavy atom. The fourth-order valence-corrected chi connectivity index (χ4v) is 4.39. The van der Waals surface area contributed by atoms with E-state index in [2.05, 4.69) is 18.7 Å². The molecule has 2 saturated heterocycles. The van der Waals surface area contributed by atoms with Crippen LogP contribution >= 0.6 is 0 Å². The Balaban J connectivity index is 1.74. The number of nitrogens with two attached hydrogens (primary N) is 1. The smallest absolute Gasteiger partial charge is 0.237 e. The van der Waals surface area contributed by atoms with Gasteiger partial charge in [0.1, 0.15) is 11.5 Å². The number of carbonyl (C=O) groups is 1. The minimum atomic E-state index is 0.0406. The summed E-state index contributed by atoms with van der Waals surface area (Å²) < 4.78 is 10.9. The van der Waals surface area contributed by atoms with Crippen molar-refractivity contribution < 1.29 is 14.3 Å². The lowest BCUT2D eigenvalue weighted by atomic mass is 9.80. The summed E-state index contributed by atoms with van der Waals surface area (Å²) in [4.78, 5) is 17.4. The lowest BCUT2D eigenvalue weighted by molar-refractivity contribution is -0.134. The lowest BCUT2D eigenvalue weighted by Gasteiger charge is -2.43. The number of methoxy groups -OCH3 is 2. The maximum absolute atomic E-state index is 13.1. The summed E-state index contributed by atoms with van der Waals surface area (Å²) in [6, 6.07) is 6.05. The SMILES string of the molecule is COc1ccc(OC)c(C2CCCN2C(=O)CN2CCC(N)C(C)(C)C2)c1. The molecule has 3 rings (SSSR count). The Kier molecular flexibility index (Phi) is 5.96. The normalized spacial score (nSPS) is 25.4. The third-order valence-electron chi connectivity index (χ3n) is 6.12. The predicted molar refractivity (Wildman–Crippen MR) is 106 cm³/mol. The van der Waals surface area contributed by atoms with Crippen molar-refractivity contribution in [3.63, 3.8) is 0 Å². The summed E-state index contributed by atoms with van der Waals surface area (Å²) in [6.45, 7) is 7.37. The van der Waals surface area contributed by atoms with E-state index < -0.39 is 0 Å². The summed E-state index contributed by atoms with van der Waals surface area (Å²) in [5, 5.41) is 0. The first kappa shape index (κ1) is 20.0. The average Bonchev–Trinajstić information content (AvgIpc) is 3.13. The van der Waals surface area contributed by atoms with Gasteiger partial charge in [-0.2, -0.15) is 0 Å². The molecule has 150 valence electrons. The van der Waals surface area contributed by atoms with Gasteiger partial charge in [0.15, 0.2) is 0 Å². The number of hydrogen-bond donors (Lipinski definition) is 1. The molecule has 0 bridgehead atoms. The van der Waals surface area contributed by atoms with Crippen molar-refractivity contribution in [1.29, 1.82) is 0 Å². The van der Waals surface area contributed by atoms with E-state index in [0.717, 1.165) is 56.0 Å². The molecule has 27 heavy (non-hydrogen) atoms. The largest absolute Gasteiger partial charge is 0.497 e. The van der Waals surface area contributed by atoms with E-state index in [1.54, 1.807) is 14.2 Å². The van der Waals surface area contributed by atoms with E-state index in [0.29, 0.717) is 6.54 Å². The van der Waals surface area contributed by atoms with Gasteiger partial charge in [-0.05, 0) is 42.9 Å². The van der Waals surface area contributed by atoms with E-state index in [1.165, 1.54) is 0 Å². The van der Waals surface area contributed by atoms with E-state index >= 15 is 0 Å². The van der Waals surface area contributed by atoms with Gasteiger partial charge in [0.05, 0.1) is 26.8 Å². The lowest BCUT2D eigenvalue weighted by Crippen LogP contribution is -2.54. The average molecular weight is 376 g/mol. The molecular formula is C21H33N3O3. The zero-order valence-electron chi connectivity index (χ0n) is 17.0. The summed E-state index contributed by atoms with van der Waals surface area (Å²) in [5.74, 6) is 1.79. The number of benzene rings is 1. The van der Waals surface area contributed by atoms with Gasteiger partial charge in [-0.25, -0.2) is 0 Å². The number of piperidine rings is 1. The van der Waals surface area contributed by atoms with Gasteiger partial charge in [-0.3, -0.25) is 9.69 Å². The highest BCUT2D eigenvalue weighted by molar-refractivity contribution is 5.79. The highest BCUT2D eigenvalue weighted by atomic mass is 16.5. The quantitative estimate of drug-likeness (QED) is 0.856. The Hall–Kier alpha value is -1.79. The number of rotatable bonds is 5. The molecule has 2 unspecified atom stereocenters. The number of ether oxygens (including phenoxy) is 2. The van der Waals surface area contributed by atoms with Crippen molar-refractivity contribution in [2.24, 2.45) is 11.1 Å². The standard InChI is InChI=1S/C21H33N3O3/c1-21(2)14-23(11-9-19(21)22)13-20(25)24-10-5-6-17(24)16-12-15(26-3)7-8-18(16)27-4/h7-8,12,17,19H,5-6,9-11,13-14,22H2,1-4H3. The van der Waals surface area contributed by atoms with Crippen LogP contribution in [0, 0.1) is 5.41 Å². The van der Waals surface area contributed by atoms with Crippen molar-refractivity contribution >= 4 is 5.91 Å². The van der Waals surface area contributed by atoms with Crippen LogP contribution < -0.4 is 15.2 Å². The maximum Gasteiger partial charge on any atom is 0.237 e. The van der Waals surface area contributed by atoms with Crippen LogP contribution in [-0.2, 0) is 4.79 Å². The second-order valence-corrected chi connectivity index (χ2v) is 8.45. The molecule has 0 saturated carbocycles. The zero-order valence-corrected chi connectivity index (χ0v) is 17.0. The first-order valence-corrected chi connectivity index (χ1v) is 9.85. The minimum absolute atomic E-state index is 0.0406. The number of hydrogen-bond acceptors (Lipinski definition) is 5. The molecule has 2 aliphatic heterocycles. The summed E-state index contributed by atoms with van der Waals surface area (Å²) in [7, 11) is 3.33. The summed E-state index contributed by atoms with van der Waals surface area (Å²) >= 11 is 0. The van der Waals surface area contributed by atoms with Gasteiger partial charge in [-0.1, -0.05) is 13.8 Å². The molecule has 1 aromatic carbocycles. The van der Waals surface area contributed by atoms with Gasteiger partial charge in [-0.15, -0.1) is 0 Å². The van der Waals surface area contributed by atoms with E-state index in [4.69, 9.17) is 15.2 Å². The third-order valence-corrected chi connectivity index (χ3v) is 6.12. The molecule has 0 aromatic heterocycles. The van der Waals surface area contributed by atoms with E-state index in [-0.39, 0.29) is 23.4 Å². The van der Waals surface area contributed by atoms with Crippen molar-refractivity contribution in [3.05, 3.63) is 23.8 Å². The summed E-state index contributed by atoms with van der Waals surface area (Å²) in [6.07, 6.45) is 2.90. The number of likely N-dealkylation sites (tertiary alicyclic amines) is 2. The highest BCUT2D eigenvalue weighted by Gasteiger charge is 2.37. The molecule has 0 aliphatic carbocycles. The molecule has 1 amide bonds. The molecule has 2 atom stereocenters. The molecule has 2 aliphatic rings. The Morgan fingerprint density at radius 3 is 2.67 bits per heavy atom. The highest BCUT2D eigenvalue weighted by Crippen LogP contribution is 2.39. The minimum Gasteiger partial charge on any atom is -0.497 e. The van der Waals surface area contributed by atoms with Crippen LogP contribution in [-0.4, -0.2) is 62.1 Å². The zero-order chi connectivity index (χ0) is 19.6. The molecule has 2 heterocycles. The van der Waals surface area contributed by atoms with Crippen molar-refractivity contribution in [2.75, 3.05) is 40.4 Å². The predicted octanol–water partition coefficient (Wildman–Crippen LogP) is 2.43. The first-order valence-electron chi connectivity index (χ1n) is 9.85. The molecule has 1 aromatic rings. The number of nitrogens with zero attached hydrogens (tertiary/aromatic N) is 2. The second kappa shape index (κ2) is 8.07. The monoisotopic (exact) mass is 375 g/mol. The molecule has 6 nitrogen and oxygen atoms in total. The molecule has 2 N–H and O–H groups in total. The van der Waals surface area contributed by atoms with Crippen molar-refractivity contribution in [1.82, 2.24) is 9.80 Å². The molecule has 2 fully saturated rings. The Morgan fingerprint density at radius 2 is 2.00 bits per heavy atom. The number of carbonyl (C=O) groups excluding carboxylic acids is 1. The third kappa shape index (κ3) is 4.22. The molecular weight excluding hydrogens is 342 g/mol. The topological polar surface area (TPSA) is 68.0 Å². The van der Waals surface area contributed by atoms with Gasteiger partial charge >= 0.3 is 0 Å². The van der Waals surface area contributed by atoms with Gasteiger partial charge in [0.2, 0.25) is 5.91 Å². The number of amides is 1. The fourth-order valence-electron chi connectivity index (χ4n) is 4.39. The van der Waals surface area contributed by atoms with Crippen molar-refractivity contribution in [3.8, 4) is 11.5 Å². The van der Waals surface area contributed by atoms with Crippen LogP contribution in [0.25, 0.3) is 0 Å². The molecule has 6 heteroatoms. The van der Waals surface area contributed by atoms with Crippen LogP contribution in [0.3, 0.4) is 0 Å². The van der Waals surface area contributed by atoms with Crippen LogP contribution in [0.4, 0.5) is 0 Å². The van der Waals surface area contributed by atoms with Gasteiger partial charge in [0.25, 0.3) is 0 Å². The maximum atomic E-state index is 13.1. The van der Waals surface area contributed by atoms with Crippen LogP contribution in [0.5, 0.6) is 11.5 Å². The molecule has 0 spiro atoms. The summed E-state index contributed by atoms with van der Waals surface area (Å²) in [5.41, 5.74) is 7.31. The van der Waals surface area contributed by atoms with E-state index in [9.17, 15) is 4.79 Å². The van der Waals surface area contributed by atoms with E-state index in [1.807, 2.05) is 23.1 Å². The van der Waals surface area contributed by atoms with Crippen LogP contribution in [0.15, 0.2) is 18.2 Å². The second-order valence-electron chi connectivity index (χ2n) is 8.45. The van der Waals surface area contributed by atoms with Gasteiger partial charge < -0.3 is 20.1 Å². The fraction of sp³-hybridized carbons (Fsp3) is 0.667. The van der Waals surface area contributed by atoms with Crippen molar-refractivity contribution in [2.45, 2.75) is 45.2 Å². The first-order chi connectivity index (χ1) is 12.9.